The van der Waals surface area contributed by atoms with Crippen molar-refractivity contribution in [2.75, 3.05) is 6.54 Å². The molecule has 1 heterocycles. The number of rotatable bonds is 6. The number of amides is 1. The van der Waals surface area contributed by atoms with E-state index in [4.69, 9.17) is 0 Å². The Morgan fingerprint density at radius 2 is 2.05 bits per heavy atom. The van der Waals surface area contributed by atoms with Crippen LogP contribution >= 0.6 is 0 Å². The van der Waals surface area contributed by atoms with Crippen molar-refractivity contribution in [3.63, 3.8) is 0 Å². The van der Waals surface area contributed by atoms with Crippen LogP contribution in [0.1, 0.15) is 17.8 Å². The standard InChI is InChI=1S/C12H14FN5O/c13-10-4-1-9(2-5-10)3-6-12(19)14-8-7-11-15-17-18-16-11/h1-2,4-5H,3,6-8H2,(H,14,19)(H,15,16,17,18). The van der Waals surface area contributed by atoms with E-state index < -0.39 is 0 Å². The summed E-state index contributed by atoms with van der Waals surface area (Å²) in [5.74, 6) is 0.250. The Labute approximate surface area is 109 Å². The second-order valence-electron chi connectivity index (χ2n) is 4.05. The monoisotopic (exact) mass is 263 g/mol. The van der Waals surface area contributed by atoms with E-state index in [0.29, 0.717) is 31.6 Å². The largest absolute Gasteiger partial charge is 0.356 e. The van der Waals surface area contributed by atoms with Gasteiger partial charge in [-0.25, -0.2) is 4.39 Å². The van der Waals surface area contributed by atoms with Gasteiger partial charge >= 0.3 is 0 Å². The number of nitrogens with zero attached hydrogens (tertiary/aromatic N) is 3. The number of hydrogen-bond acceptors (Lipinski definition) is 4. The van der Waals surface area contributed by atoms with Crippen molar-refractivity contribution in [2.45, 2.75) is 19.3 Å². The van der Waals surface area contributed by atoms with Crippen molar-refractivity contribution < 1.29 is 9.18 Å². The number of H-pyrrole nitrogens is 1. The van der Waals surface area contributed by atoms with Crippen LogP contribution in [0, 0.1) is 5.82 Å². The number of aromatic nitrogens is 4. The second kappa shape index (κ2) is 6.58. The van der Waals surface area contributed by atoms with E-state index >= 15 is 0 Å². The first kappa shape index (κ1) is 13.1. The Balaban J connectivity index is 1.65. The summed E-state index contributed by atoms with van der Waals surface area (Å²) in [4.78, 5) is 11.6. The summed E-state index contributed by atoms with van der Waals surface area (Å²) in [6.07, 6.45) is 1.50. The Kier molecular flexibility index (Phi) is 4.54. The minimum atomic E-state index is -0.270. The van der Waals surface area contributed by atoms with Crippen molar-refractivity contribution in [3.8, 4) is 0 Å². The molecule has 1 aromatic heterocycles. The molecule has 100 valence electrons. The zero-order valence-electron chi connectivity index (χ0n) is 10.3. The molecule has 6 nitrogen and oxygen atoms in total. The molecule has 0 atom stereocenters. The van der Waals surface area contributed by atoms with Crippen LogP contribution in [-0.2, 0) is 17.6 Å². The number of carbonyl (C=O) groups is 1. The van der Waals surface area contributed by atoms with Crippen molar-refractivity contribution in [2.24, 2.45) is 0 Å². The van der Waals surface area contributed by atoms with Gasteiger partial charge in [0.2, 0.25) is 5.91 Å². The van der Waals surface area contributed by atoms with Crippen LogP contribution in [0.25, 0.3) is 0 Å². The van der Waals surface area contributed by atoms with Gasteiger partial charge in [0.05, 0.1) is 0 Å². The number of halogens is 1. The number of aryl methyl sites for hydroxylation is 1. The molecule has 2 aromatic rings. The van der Waals surface area contributed by atoms with E-state index in [1.165, 1.54) is 12.1 Å². The average molecular weight is 263 g/mol. The molecule has 0 fully saturated rings. The van der Waals surface area contributed by atoms with Crippen LogP contribution < -0.4 is 5.32 Å². The molecule has 0 unspecified atom stereocenters. The second-order valence-corrected chi connectivity index (χ2v) is 4.05. The summed E-state index contributed by atoms with van der Waals surface area (Å²) in [5, 5.41) is 16.1. The summed E-state index contributed by atoms with van der Waals surface area (Å²) >= 11 is 0. The van der Waals surface area contributed by atoms with Crippen LogP contribution in [0.5, 0.6) is 0 Å². The molecule has 2 N–H and O–H groups in total. The Morgan fingerprint density at radius 3 is 2.74 bits per heavy atom. The molecule has 0 aliphatic carbocycles. The first-order valence-electron chi connectivity index (χ1n) is 5.97. The molecule has 0 radical (unpaired) electrons. The zero-order valence-corrected chi connectivity index (χ0v) is 10.3. The van der Waals surface area contributed by atoms with Crippen molar-refractivity contribution >= 4 is 5.91 Å². The van der Waals surface area contributed by atoms with E-state index in [2.05, 4.69) is 25.9 Å². The third-order valence-electron chi connectivity index (χ3n) is 2.61. The minimum Gasteiger partial charge on any atom is -0.356 e. The quantitative estimate of drug-likeness (QED) is 0.800. The highest BCUT2D eigenvalue weighted by Crippen LogP contribution is 2.05. The fourth-order valence-corrected chi connectivity index (χ4v) is 1.60. The molecule has 2 rings (SSSR count). The van der Waals surface area contributed by atoms with Crippen molar-refractivity contribution in [1.82, 2.24) is 25.9 Å². The van der Waals surface area contributed by atoms with E-state index in [1.807, 2.05) is 0 Å². The van der Waals surface area contributed by atoms with E-state index in [-0.39, 0.29) is 11.7 Å². The Hall–Kier alpha value is -2.31. The molecule has 19 heavy (non-hydrogen) atoms. The molecule has 0 bridgehead atoms. The maximum absolute atomic E-state index is 12.7. The van der Waals surface area contributed by atoms with Gasteiger partial charge in [0.15, 0.2) is 5.82 Å². The number of benzene rings is 1. The van der Waals surface area contributed by atoms with Gasteiger partial charge in [-0.2, -0.15) is 5.21 Å². The molecule has 0 saturated carbocycles. The normalized spacial score (nSPS) is 10.4. The minimum absolute atomic E-state index is 0.0483. The molecule has 1 amide bonds. The SMILES string of the molecule is O=C(CCc1ccc(F)cc1)NCCc1nn[nH]n1. The zero-order chi connectivity index (χ0) is 13.5. The molecule has 0 saturated heterocycles. The third kappa shape index (κ3) is 4.46. The van der Waals surface area contributed by atoms with Gasteiger partial charge in [-0.3, -0.25) is 4.79 Å². The lowest BCUT2D eigenvalue weighted by Crippen LogP contribution is -2.26. The summed E-state index contributed by atoms with van der Waals surface area (Å²) in [5.41, 5.74) is 0.940. The maximum Gasteiger partial charge on any atom is 0.220 e. The predicted molar refractivity (Wildman–Crippen MR) is 65.6 cm³/mol. The van der Waals surface area contributed by atoms with Crippen molar-refractivity contribution in [3.05, 3.63) is 41.5 Å². The third-order valence-corrected chi connectivity index (χ3v) is 2.61. The number of carbonyl (C=O) groups excluding carboxylic acids is 1. The topological polar surface area (TPSA) is 83.6 Å². The molecule has 0 spiro atoms. The summed E-state index contributed by atoms with van der Waals surface area (Å²) in [7, 11) is 0. The summed E-state index contributed by atoms with van der Waals surface area (Å²) in [6.45, 7) is 0.474. The average Bonchev–Trinajstić information content (AvgIpc) is 2.91. The molecular formula is C12H14FN5O. The fourth-order valence-electron chi connectivity index (χ4n) is 1.60. The molecular weight excluding hydrogens is 249 g/mol. The van der Waals surface area contributed by atoms with Gasteiger partial charge in [-0.05, 0) is 24.1 Å². The molecule has 0 aliphatic rings. The van der Waals surface area contributed by atoms with Gasteiger partial charge in [0.1, 0.15) is 5.82 Å². The van der Waals surface area contributed by atoms with Gasteiger partial charge in [0.25, 0.3) is 0 Å². The van der Waals surface area contributed by atoms with Crippen LogP contribution in [0.4, 0.5) is 4.39 Å². The van der Waals surface area contributed by atoms with Gasteiger partial charge in [0, 0.05) is 19.4 Å². The summed E-state index contributed by atoms with van der Waals surface area (Å²) in [6, 6.07) is 6.15. The number of tetrazole rings is 1. The first-order valence-corrected chi connectivity index (χ1v) is 5.97. The number of nitrogens with one attached hydrogen (secondary N) is 2. The van der Waals surface area contributed by atoms with Crippen LogP contribution in [0.3, 0.4) is 0 Å². The fraction of sp³-hybridized carbons (Fsp3) is 0.333. The predicted octanol–water partition coefficient (Wildman–Crippen LogP) is 0.630. The highest BCUT2D eigenvalue weighted by Gasteiger charge is 2.03. The molecule has 7 heteroatoms. The van der Waals surface area contributed by atoms with Crippen LogP contribution in [-0.4, -0.2) is 33.1 Å². The Bertz CT molecular complexity index is 511. The van der Waals surface area contributed by atoms with E-state index in [0.717, 1.165) is 5.56 Å². The number of aromatic amines is 1. The highest BCUT2D eigenvalue weighted by molar-refractivity contribution is 5.76. The Morgan fingerprint density at radius 1 is 1.26 bits per heavy atom. The van der Waals surface area contributed by atoms with Crippen LogP contribution in [0.2, 0.25) is 0 Å². The van der Waals surface area contributed by atoms with E-state index in [1.54, 1.807) is 12.1 Å². The lowest BCUT2D eigenvalue weighted by atomic mass is 10.1. The summed E-state index contributed by atoms with van der Waals surface area (Å²) < 4.78 is 12.7. The molecule has 0 aliphatic heterocycles. The van der Waals surface area contributed by atoms with E-state index in [9.17, 15) is 9.18 Å². The smallest absolute Gasteiger partial charge is 0.220 e. The van der Waals surface area contributed by atoms with Gasteiger partial charge in [-0.1, -0.05) is 17.3 Å². The van der Waals surface area contributed by atoms with Crippen molar-refractivity contribution in [1.29, 1.82) is 0 Å². The number of hydrogen-bond donors (Lipinski definition) is 2. The lowest BCUT2D eigenvalue weighted by molar-refractivity contribution is -0.121. The molecule has 1 aromatic carbocycles. The van der Waals surface area contributed by atoms with Crippen LogP contribution in [0.15, 0.2) is 24.3 Å². The maximum atomic E-state index is 12.7. The lowest BCUT2D eigenvalue weighted by Gasteiger charge is -2.03. The van der Waals surface area contributed by atoms with Gasteiger partial charge in [-0.15, -0.1) is 10.2 Å². The highest BCUT2D eigenvalue weighted by atomic mass is 19.1. The van der Waals surface area contributed by atoms with Gasteiger partial charge < -0.3 is 5.32 Å². The first-order chi connectivity index (χ1) is 9.24.